The highest BCUT2D eigenvalue weighted by atomic mass is 32.2. The molecule has 0 aliphatic rings. The van der Waals surface area contributed by atoms with Crippen molar-refractivity contribution >= 4 is 21.6 Å². The zero-order chi connectivity index (χ0) is 16.3. The monoisotopic (exact) mass is 318 g/mol. The van der Waals surface area contributed by atoms with Gasteiger partial charge >= 0.3 is 0 Å². The zero-order valence-electron chi connectivity index (χ0n) is 12.4. The smallest absolute Gasteiger partial charge is 0.255 e. The van der Waals surface area contributed by atoms with E-state index in [-0.39, 0.29) is 10.8 Å². The number of amides is 1. The number of hydrogen-bond donors (Lipinski definition) is 2. The molecule has 1 amide bonds. The van der Waals surface area contributed by atoms with Crippen LogP contribution < -0.4 is 10.5 Å². The Hall–Kier alpha value is -2.18. The summed E-state index contributed by atoms with van der Waals surface area (Å²) in [4.78, 5) is 12.1. The van der Waals surface area contributed by atoms with Gasteiger partial charge in [-0.05, 0) is 47.9 Å². The van der Waals surface area contributed by atoms with Crippen molar-refractivity contribution in [3.8, 4) is 0 Å². The molecule has 0 aliphatic carbocycles. The van der Waals surface area contributed by atoms with Crippen LogP contribution in [0.4, 0.5) is 5.69 Å². The van der Waals surface area contributed by atoms with Crippen LogP contribution in [0.3, 0.4) is 0 Å². The normalized spacial score (nSPS) is 11.5. The molecule has 0 saturated heterocycles. The van der Waals surface area contributed by atoms with Crippen LogP contribution in [0.5, 0.6) is 0 Å². The van der Waals surface area contributed by atoms with Crippen LogP contribution in [0.1, 0.15) is 35.7 Å². The number of nitrogens with two attached hydrogens (primary N) is 1. The predicted octanol–water partition coefficient (Wildman–Crippen LogP) is 2.71. The van der Waals surface area contributed by atoms with Gasteiger partial charge < -0.3 is 5.32 Å². The molecule has 2 aromatic rings. The van der Waals surface area contributed by atoms with Gasteiger partial charge in [-0.25, -0.2) is 13.6 Å². The van der Waals surface area contributed by atoms with E-state index >= 15 is 0 Å². The maximum atomic E-state index is 12.1. The number of carbonyl (C=O) groups excluding carboxylic acids is 1. The van der Waals surface area contributed by atoms with Crippen molar-refractivity contribution in [1.82, 2.24) is 0 Å². The molecule has 22 heavy (non-hydrogen) atoms. The molecular formula is C16H18N2O3S. The first-order valence-electron chi connectivity index (χ1n) is 6.81. The standard InChI is InChI=1S/C16H18N2O3S/c1-11(2)12-3-5-13(6-4-12)16(19)18-14-7-9-15(10-8-14)22(17,20)21/h3-11H,1-2H3,(H,18,19)(H2,17,20,21). The maximum absolute atomic E-state index is 12.1. The first-order valence-corrected chi connectivity index (χ1v) is 8.36. The Morgan fingerprint density at radius 2 is 1.55 bits per heavy atom. The quantitative estimate of drug-likeness (QED) is 0.908. The van der Waals surface area contributed by atoms with Crippen LogP contribution in [0.2, 0.25) is 0 Å². The Labute approximate surface area is 130 Å². The third kappa shape index (κ3) is 3.93. The number of nitrogens with one attached hydrogen (secondary N) is 1. The van der Waals surface area contributed by atoms with E-state index in [0.717, 1.165) is 5.56 Å². The summed E-state index contributed by atoms with van der Waals surface area (Å²) in [7, 11) is -3.73. The lowest BCUT2D eigenvalue weighted by Crippen LogP contribution is -2.14. The van der Waals surface area contributed by atoms with Crippen LogP contribution in [0.15, 0.2) is 53.4 Å². The van der Waals surface area contributed by atoms with Gasteiger partial charge in [-0.15, -0.1) is 0 Å². The van der Waals surface area contributed by atoms with Crippen molar-refractivity contribution in [2.75, 3.05) is 5.32 Å². The molecule has 0 bridgehead atoms. The topological polar surface area (TPSA) is 89.3 Å². The highest BCUT2D eigenvalue weighted by Gasteiger charge is 2.09. The lowest BCUT2D eigenvalue weighted by atomic mass is 10.0. The van der Waals surface area contributed by atoms with Gasteiger partial charge in [0.25, 0.3) is 5.91 Å². The molecule has 2 rings (SSSR count). The van der Waals surface area contributed by atoms with Crippen LogP contribution in [-0.2, 0) is 10.0 Å². The Balaban J connectivity index is 2.11. The van der Waals surface area contributed by atoms with Crippen molar-refractivity contribution in [3.63, 3.8) is 0 Å². The second-order valence-corrected chi connectivity index (χ2v) is 6.86. The van der Waals surface area contributed by atoms with Gasteiger partial charge in [-0.3, -0.25) is 4.79 Å². The van der Waals surface area contributed by atoms with E-state index in [4.69, 9.17) is 5.14 Å². The minimum atomic E-state index is -3.73. The van der Waals surface area contributed by atoms with Gasteiger partial charge in [0.2, 0.25) is 10.0 Å². The summed E-state index contributed by atoms with van der Waals surface area (Å²) in [6.45, 7) is 4.17. The summed E-state index contributed by atoms with van der Waals surface area (Å²) < 4.78 is 22.3. The van der Waals surface area contributed by atoms with E-state index < -0.39 is 10.0 Å². The molecule has 0 aliphatic heterocycles. The minimum absolute atomic E-state index is 0.00628. The van der Waals surface area contributed by atoms with E-state index in [1.54, 1.807) is 12.1 Å². The average molecular weight is 318 g/mol. The second-order valence-electron chi connectivity index (χ2n) is 5.30. The third-order valence-corrected chi connectivity index (χ3v) is 4.21. The Kier molecular flexibility index (Phi) is 4.63. The van der Waals surface area contributed by atoms with Gasteiger partial charge in [0.05, 0.1) is 4.90 Å². The highest BCUT2D eigenvalue weighted by Crippen LogP contribution is 2.17. The molecule has 5 nitrogen and oxygen atoms in total. The van der Waals surface area contributed by atoms with Crippen molar-refractivity contribution in [3.05, 3.63) is 59.7 Å². The summed E-state index contributed by atoms with van der Waals surface area (Å²) in [6.07, 6.45) is 0. The lowest BCUT2D eigenvalue weighted by molar-refractivity contribution is 0.102. The van der Waals surface area contributed by atoms with E-state index in [2.05, 4.69) is 19.2 Å². The molecule has 0 aromatic heterocycles. The highest BCUT2D eigenvalue weighted by molar-refractivity contribution is 7.89. The Morgan fingerprint density at radius 1 is 1.00 bits per heavy atom. The van der Waals surface area contributed by atoms with E-state index in [9.17, 15) is 13.2 Å². The molecule has 0 atom stereocenters. The van der Waals surface area contributed by atoms with Crippen molar-refractivity contribution in [2.24, 2.45) is 5.14 Å². The van der Waals surface area contributed by atoms with Gasteiger partial charge in [0, 0.05) is 11.3 Å². The second kappa shape index (κ2) is 6.29. The SMILES string of the molecule is CC(C)c1ccc(C(=O)Nc2ccc(S(N)(=O)=O)cc2)cc1. The largest absolute Gasteiger partial charge is 0.322 e. The number of primary sulfonamides is 1. The molecule has 0 heterocycles. The van der Waals surface area contributed by atoms with Gasteiger partial charge in [-0.2, -0.15) is 0 Å². The summed E-state index contributed by atoms with van der Waals surface area (Å²) in [6, 6.07) is 13.1. The average Bonchev–Trinajstić information content (AvgIpc) is 2.47. The number of sulfonamides is 1. The number of benzene rings is 2. The fourth-order valence-corrected chi connectivity index (χ4v) is 2.47. The Bertz CT molecular complexity index is 764. The number of carbonyl (C=O) groups is 1. The lowest BCUT2D eigenvalue weighted by Gasteiger charge is -2.08. The Morgan fingerprint density at radius 3 is 2.00 bits per heavy atom. The van der Waals surface area contributed by atoms with E-state index in [1.807, 2.05) is 12.1 Å². The first-order chi connectivity index (χ1) is 10.3. The molecule has 0 saturated carbocycles. The summed E-state index contributed by atoms with van der Waals surface area (Å²) in [5.74, 6) is 0.154. The molecule has 0 fully saturated rings. The minimum Gasteiger partial charge on any atom is -0.322 e. The van der Waals surface area contributed by atoms with Gasteiger partial charge in [0.1, 0.15) is 0 Å². The molecule has 0 unspecified atom stereocenters. The van der Waals surface area contributed by atoms with E-state index in [1.165, 1.54) is 24.3 Å². The first kappa shape index (κ1) is 16.2. The zero-order valence-corrected chi connectivity index (χ0v) is 13.2. The molecule has 116 valence electrons. The van der Waals surface area contributed by atoms with Gasteiger partial charge in [-0.1, -0.05) is 26.0 Å². The summed E-state index contributed by atoms with van der Waals surface area (Å²) >= 11 is 0. The van der Waals surface area contributed by atoms with Crippen LogP contribution >= 0.6 is 0 Å². The van der Waals surface area contributed by atoms with Crippen molar-refractivity contribution < 1.29 is 13.2 Å². The van der Waals surface area contributed by atoms with Crippen LogP contribution in [-0.4, -0.2) is 14.3 Å². The van der Waals surface area contributed by atoms with Gasteiger partial charge in [0.15, 0.2) is 0 Å². The molecule has 2 aromatic carbocycles. The van der Waals surface area contributed by atoms with Crippen LogP contribution in [0, 0.1) is 0 Å². The predicted molar refractivity (Wildman–Crippen MR) is 86.3 cm³/mol. The maximum Gasteiger partial charge on any atom is 0.255 e. The fraction of sp³-hybridized carbons (Fsp3) is 0.188. The molecule has 6 heteroatoms. The number of hydrogen-bond acceptors (Lipinski definition) is 3. The van der Waals surface area contributed by atoms with Crippen LogP contribution in [0.25, 0.3) is 0 Å². The number of anilines is 1. The summed E-state index contributed by atoms with van der Waals surface area (Å²) in [5, 5.41) is 7.73. The molecule has 3 N–H and O–H groups in total. The van der Waals surface area contributed by atoms with Crippen molar-refractivity contribution in [2.45, 2.75) is 24.7 Å². The number of rotatable bonds is 4. The fourth-order valence-electron chi connectivity index (χ4n) is 1.95. The molecule has 0 spiro atoms. The molecular weight excluding hydrogens is 300 g/mol. The third-order valence-electron chi connectivity index (χ3n) is 3.28. The summed E-state index contributed by atoms with van der Waals surface area (Å²) in [5.41, 5.74) is 2.21. The van der Waals surface area contributed by atoms with E-state index in [0.29, 0.717) is 17.2 Å². The molecule has 0 radical (unpaired) electrons. The van der Waals surface area contributed by atoms with Crippen molar-refractivity contribution in [1.29, 1.82) is 0 Å².